The van der Waals surface area contributed by atoms with E-state index in [1.165, 1.54) is 27.9 Å². The van der Waals surface area contributed by atoms with Crippen LogP contribution in [0.2, 0.25) is 0 Å². The van der Waals surface area contributed by atoms with Crippen LogP contribution < -0.4 is 56.5 Å². The summed E-state index contributed by atoms with van der Waals surface area (Å²) in [6.45, 7) is -0.397. The van der Waals surface area contributed by atoms with Crippen LogP contribution in [-0.2, 0) is 69.1 Å². The van der Waals surface area contributed by atoms with E-state index >= 15 is 0 Å². The van der Waals surface area contributed by atoms with Gasteiger partial charge in [-0.2, -0.15) is 25.3 Å². The van der Waals surface area contributed by atoms with Crippen molar-refractivity contribution in [2.75, 3.05) is 40.5 Å². The summed E-state index contributed by atoms with van der Waals surface area (Å²) in [5, 5.41) is 174. The fourth-order valence-electron chi connectivity index (χ4n) is 10.3. The third kappa shape index (κ3) is 23.9. The predicted octanol–water partition coefficient (Wildman–Crippen LogP) is -18.7. The van der Waals surface area contributed by atoms with Gasteiger partial charge in [-0.1, -0.05) is 0 Å². The van der Waals surface area contributed by atoms with Crippen molar-refractivity contribution in [2.24, 2.45) is 65.8 Å². The molecule has 40 N–H and O–H groups in total. The van der Waals surface area contributed by atoms with Gasteiger partial charge >= 0.3 is 31.2 Å². The first-order valence-electron chi connectivity index (χ1n) is 27.1. The molecule has 50 nitrogen and oxygen atoms in total. The lowest BCUT2D eigenvalue weighted by atomic mass is 9.81. The van der Waals surface area contributed by atoms with Crippen molar-refractivity contribution in [1.29, 1.82) is 0 Å². The van der Waals surface area contributed by atoms with Gasteiger partial charge in [-0.3, -0.25) is 27.3 Å². The number of rotatable bonds is 18. The summed E-state index contributed by atoms with van der Waals surface area (Å²) in [6, 6.07) is -8.01. The molecular formula is C42H88N14O36S3. The summed E-state index contributed by atoms with van der Waals surface area (Å²) in [7, 11) is -11.1. The Morgan fingerprint density at radius 3 is 0.874 bits per heavy atom. The normalized spacial score (nSPS) is 41.9. The van der Waals surface area contributed by atoms with Crippen molar-refractivity contribution in [2.45, 2.75) is 196 Å². The van der Waals surface area contributed by atoms with Crippen molar-refractivity contribution >= 4 is 55.0 Å². The molecule has 0 amide bonds. The fraction of sp³-hybridized carbons (Fsp3) is 0.905. The van der Waals surface area contributed by atoms with Gasteiger partial charge in [0.2, 0.25) is 0 Å². The Bertz CT molecular complexity index is 2620. The quantitative estimate of drug-likeness (QED) is 0.0344. The maximum absolute atomic E-state index is 11.3. The zero-order valence-electron chi connectivity index (χ0n) is 50.2. The molecule has 0 spiro atoms. The predicted molar refractivity (Wildman–Crippen MR) is 310 cm³/mol. The van der Waals surface area contributed by atoms with E-state index in [1.807, 2.05) is 0 Å². The average Bonchev–Trinajstić information content (AvgIpc) is 1.68. The second-order valence-electron chi connectivity index (χ2n) is 21.4. The molecule has 2 aliphatic carbocycles. The number of guanidine groups is 4. The average molecular weight is 1460 g/mol. The molecule has 0 aromatic rings. The van der Waals surface area contributed by atoms with Gasteiger partial charge in [-0.15, -0.1) is 0 Å². The highest BCUT2D eigenvalue weighted by Crippen LogP contribution is 2.41. The molecule has 4 saturated heterocycles. The minimum atomic E-state index is -4.67. The Kier molecular flexibility index (Phi) is 33.0. The Morgan fingerprint density at radius 1 is 0.400 bits per heavy atom. The Balaban J connectivity index is 0.000000531. The molecule has 6 fully saturated rings. The molecule has 4 aliphatic heterocycles. The van der Waals surface area contributed by atoms with Gasteiger partial charge in [0.05, 0.1) is 50.7 Å². The molecule has 95 heavy (non-hydrogen) atoms. The van der Waals surface area contributed by atoms with Crippen LogP contribution in [0.4, 0.5) is 0 Å². The van der Waals surface area contributed by atoms with E-state index in [1.54, 1.807) is 0 Å². The zero-order valence-corrected chi connectivity index (χ0v) is 52.6. The van der Waals surface area contributed by atoms with Crippen LogP contribution in [0.25, 0.3) is 0 Å². The number of hydrogen-bond acceptors (Lipinski definition) is 36. The number of likely N-dealkylation sites (N-methyl/N-ethyl adjacent to an activating group) is 2. The summed E-state index contributed by atoms with van der Waals surface area (Å²) in [5.41, 5.74) is 39.3. The number of nitrogens with zero attached hydrogens (tertiary/aromatic N) is 4. The third-order valence-corrected chi connectivity index (χ3v) is 15.0. The molecule has 0 radical (unpaired) electrons. The molecule has 560 valence electrons. The monoisotopic (exact) mass is 1460 g/mol. The van der Waals surface area contributed by atoms with Crippen molar-refractivity contribution < 1.29 is 172 Å². The maximum atomic E-state index is 11.3. The number of ether oxygens (including phenoxy) is 8. The van der Waals surface area contributed by atoms with Gasteiger partial charge in [0.1, 0.15) is 133 Å². The lowest BCUT2D eigenvalue weighted by molar-refractivity contribution is -0.317. The highest BCUT2D eigenvalue weighted by Gasteiger charge is 2.63. The minimum absolute atomic E-state index is 0.493. The first kappa shape index (κ1) is 86.7. The Labute approximate surface area is 539 Å². The molecule has 30 atom stereocenters. The van der Waals surface area contributed by atoms with Crippen LogP contribution in [0.5, 0.6) is 0 Å². The smallest absolute Gasteiger partial charge is 0.394 e. The van der Waals surface area contributed by atoms with E-state index in [-0.39, 0.29) is 0 Å². The van der Waals surface area contributed by atoms with Crippen LogP contribution in [0.15, 0.2) is 20.0 Å². The summed E-state index contributed by atoms with van der Waals surface area (Å²) in [5.74, 6) is -2.01. The molecule has 0 aromatic carbocycles. The van der Waals surface area contributed by atoms with Crippen LogP contribution in [-0.4, -0.2) is 381 Å². The van der Waals surface area contributed by atoms with Gasteiger partial charge in [-0.25, -0.2) is 20.0 Å². The van der Waals surface area contributed by atoms with Gasteiger partial charge in [0, 0.05) is 0 Å². The number of aliphatic imine (C=N–C) groups is 4. The highest BCUT2D eigenvalue weighted by molar-refractivity contribution is 7.80. The molecule has 4 heterocycles. The van der Waals surface area contributed by atoms with Gasteiger partial charge in [0.15, 0.2) is 49.0 Å². The molecule has 6 rings (SSSR count). The number of hydrogen-bond donors (Lipinski definition) is 32. The van der Waals surface area contributed by atoms with E-state index in [4.69, 9.17) is 136 Å². The lowest BCUT2D eigenvalue weighted by Crippen LogP contribution is -2.66. The molecule has 2 saturated carbocycles. The highest BCUT2D eigenvalue weighted by atomic mass is 32.3. The second-order valence-corrected chi connectivity index (χ2v) is 24.1. The molecule has 0 aromatic heterocycles. The zero-order chi connectivity index (χ0) is 73.7. The minimum Gasteiger partial charge on any atom is -0.394 e. The number of nitrogens with one attached hydrogen (secondary N) is 2. The van der Waals surface area contributed by atoms with E-state index in [0.29, 0.717) is 0 Å². The molecular weight excluding hydrogens is 1370 g/mol. The van der Waals surface area contributed by atoms with Crippen molar-refractivity contribution in [3.05, 3.63) is 0 Å². The van der Waals surface area contributed by atoms with Crippen LogP contribution >= 0.6 is 0 Å². The molecule has 0 unspecified atom stereocenters. The van der Waals surface area contributed by atoms with Gasteiger partial charge in [0.25, 0.3) is 0 Å². The van der Waals surface area contributed by atoms with Crippen LogP contribution in [0.3, 0.4) is 0 Å². The summed E-state index contributed by atoms with van der Waals surface area (Å²) < 4.78 is 141. The van der Waals surface area contributed by atoms with E-state index in [2.05, 4.69) is 30.6 Å². The second kappa shape index (κ2) is 36.1. The van der Waals surface area contributed by atoms with Crippen molar-refractivity contribution in [3.8, 4) is 0 Å². The standard InChI is InChI=1S/2C21H41N7O12.3H2O4S/c2*1-5-21(36,4-30)16(40-17-9(26-2)13(34)10(31)6(3-29)38-17)18(37-5)39-15-8(28-20(24)25)11(32)7(27-19(22)23)12(33)14(15)35;3*1-5(2,3)4/h2*5-18,26,29-36H,3-4H2,1-2H3,(H4,22,23,27)(H4,24,25,28);3*(H2,1,2,3,4)/t2*5-,6-,7+,8-,9-,10-,11+,12-,13-,14+,15+,16-,17-,18-,21+;;;/m00.../s1. The van der Waals surface area contributed by atoms with Crippen molar-refractivity contribution in [3.63, 3.8) is 0 Å². The lowest BCUT2D eigenvalue weighted by Gasteiger charge is -2.45. The fourth-order valence-corrected chi connectivity index (χ4v) is 10.3. The molecule has 6 aliphatic rings. The largest absolute Gasteiger partial charge is 0.394 e. The first-order chi connectivity index (χ1) is 43.4. The van der Waals surface area contributed by atoms with E-state index < -0.39 is 264 Å². The third-order valence-electron chi connectivity index (χ3n) is 15.0. The number of aliphatic hydroxyl groups excluding tert-OH is 14. The Hall–Kier alpha value is -4.35. The van der Waals surface area contributed by atoms with Gasteiger partial charge < -0.3 is 176 Å². The van der Waals surface area contributed by atoms with Crippen molar-refractivity contribution in [1.82, 2.24) is 10.6 Å². The SMILES string of the molecule is CN[C@@H]1[C@H](O[C@H]2[C@H](O[C@H]3[C@H](O)[C@@H](O)[C@H](N=C(N)N)[C@@H](O)[C@@H]3N=C(N)N)O[C@@H](C)[C@]2(O)CO)O[C@@H](CO)[C@H](O)[C@H]1O.CN[C@@H]1[C@H](O[C@H]2[C@H](O[C@H]3[C@H](O)[C@@H](O)[C@H](N=C(N)N)[C@@H](O)[C@@H]3N=C(N)N)O[C@@H](C)[C@]2(O)CO)O[C@@H](CO)[C@H](O)[C@H]1O.O=S(=O)(O)O.O=S(=O)(O)O.O=S(=O)(O)O. The maximum Gasteiger partial charge on any atom is 0.394 e. The Morgan fingerprint density at radius 2 is 0.653 bits per heavy atom. The summed E-state index contributed by atoms with van der Waals surface area (Å²) >= 11 is 0. The molecule has 0 bridgehead atoms. The topological polar surface area (TPSA) is 903 Å². The summed E-state index contributed by atoms with van der Waals surface area (Å²) in [4.78, 5) is 15.3. The van der Waals surface area contributed by atoms with E-state index in [9.17, 15) is 81.7 Å². The summed E-state index contributed by atoms with van der Waals surface area (Å²) in [6.07, 6.45) is -33.9. The van der Waals surface area contributed by atoms with Crippen LogP contribution in [0.1, 0.15) is 13.8 Å². The first-order valence-corrected chi connectivity index (χ1v) is 31.3. The number of nitrogens with two attached hydrogens (primary N) is 8. The van der Waals surface area contributed by atoms with E-state index in [0.717, 1.165) is 0 Å². The van der Waals surface area contributed by atoms with Crippen LogP contribution in [0, 0.1) is 0 Å². The van der Waals surface area contributed by atoms with Gasteiger partial charge in [-0.05, 0) is 27.9 Å². The number of aliphatic hydroxyl groups is 16. The molecule has 53 heteroatoms.